The maximum absolute atomic E-state index is 12.9. The Morgan fingerprint density at radius 2 is 1.93 bits per heavy atom. The van der Waals surface area contributed by atoms with E-state index in [1.54, 1.807) is 6.20 Å². The summed E-state index contributed by atoms with van der Waals surface area (Å²) in [5.41, 5.74) is 3.06. The fourth-order valence-corrected chi connectivity index (χ4v) is 3.97. The van der Waals surface area contributed by atoms with Crippen LogP contribution in [0.3, 0.4) is 0 Å². The van der Waals surface area contributed by atoms with Crippen molar-refractivity contribution in [1.29, 1.82) is 0 Å². The molecule has 4 heterocycles. The number of benzene rings is 1. The summed E-state index contributed by atoms with van der Waals surface area (Å²) in [6.07, 6.45) is 2.46. The van der Waals surface area contributed by atoms with Crippen molar-refractivity contribution in [3.8, 4) is 11.4 Å². The Balaban J connectivity index is 1.23. The van der Waals surface area contributed by atoms with Gasteiger partial charge in [0.25, 0.3) is 5.91 Å². The van der Waals surface area contributed by atoms with Crippen molar-refractivity contribution in [3.05, 3.63) is 48.0 Å². The van der Waals surface area contributed by atoms with Crippen LogP contribution in [0.5, 0.6) is 0 Å². The van der Waals surface area contributed by atoms with E-state index >= 15 is 0 Å². The van der Waals surface area contributed by atoms with E-state index in [2.05, 4.69) is 28.8 Å². The van der Waals surface area contributed by atoms with E-state index in [0.717, 1.165) is 47.2 Å². The SMILES string of the molecule is CCc1nc(-c2ccc(N3CCN(C(=O)c4ccc5nsnc5c4)CC3)nc2)no1. The summed E-state index contributed by atoms with van der Waals surface area (Å²) in [4.78, 5) is 25.8. The first-order valence-electron chi connectivity index (χ1n) is 9.77. The second-order valence-corrected chi connectivity index (χ2v) is 7.55. The molecule has 0 aliphatic carbocycles. The monoisotopic (exact) mass is 421 g/mol. The molecule has 0 bridgehead atoms. The minimum absolute atomic E-state index is 0.0247. The van der Waals surface area contributed by atoms with Crippen molar-refractivity contribution in [2.45, 2.75) is 13.3 Å². The van der Waals surface area contributed by atoms with Crippen LogP contribution >= 0.6 is 11.7 Å². The van der Waals surface area contributed by atoms with Gasteiger partial charge in [-0.25, -0.2) is 4.98 Å². The molecule has 4 aromatic rings. The van der Waals surface area contributed by atoms with Gasteiger partial charge in [0.2, 0.25) is 11.7 Å². The number of hydrogen-bond acceptors (Lipinski definition) is 9. The number of aryl methyl sites for hydroxylation is 1. The number of pyridine rings is 1. The van der Waals surface area contributed by atoms with E-state index in [0.29, 0.717) is 36.8 Å². The lowest BCUT2D eigenvalue weighted by atomic mass is 10.1. The lowest BCUT2D eigenvalue weighted by Crippen LogP contribution is -2.49. The van der Waals surface area contributed by atoms with Gasteiger partial charge in [0, 0.05) is 49.9 Å². The molecule has 30 heavy (non-hydrogen) atoms. The second kappa shape index (κ2) is 7.79. The fourth-order valence-electron chi connectivity index (χ4n) is 3.46. The minimum Gasteiger partial charge on any atom is -0.353 e. The molecule has 1 aromatic carbocycles. The van der Waals surface area contributed by atoms with Crippen LogP contribution in [0.2, 0.25) is 0 Å². The van der Waals surface area contributed by atoms with E-state index in [1.165, 1.54) is 0 Å². The van der Waals surface area contributed by atoms with Crippen molar-refractivity contribution in [3.63, 3.8) is 0 Å². The molecule has 1 fully saturated rings. The molecule has 152 valence electrons. The fraction of sp³-hybridized carbons (Fsp3) is 0.300. The molecule has 1 aliphatic rings. The molecule has 0 N–H and O–H groups in total. The second-order valence-electron chi connectivity index (χ2n) is 7.02. The quantitative estimate of drug-likeness (QED) is 0.496. The Hall–Kier alpha value is -3.40. The Morgan fingerprint density at radius 1 is 1.10 bits per heavy atom. The minimum atomic E-state index is 0.0247. The van der Waals surface area contributed by atoms with Crippen LogP contribution < -0.4 is 4.90 Å². The summed E-state index contributed by atoms with van der Waals surface area (Å²) in [6, 6.07) is 9.39. The molecule has 5 rings (SSSR count). The third-order valence-electron chi connectivity index (χ3n) is 5.17. The summed E-state index contributed by atoms with van der Waals surface area (Å²) in [6.45, 7) is 4.69. The van der Waals surface area contributed by atoms with E-state index < -0.39 is 0 Å². The first-order chi connectivity index (χ1) is 14.7. The average molecular weight is 421 g/mol. The van der Waals surface area contributed by atoms with Crippen molar-refractivity contribution in [2.24, 2.45) is 0 Å². The predicted molar refractivity (Wildman–Crippen MR) is 112 cm³/mol. The van der Waals surface area contributed by atoms with Gasteiger partial charge in [-0.15, -0.1) is 0 Å². The number of piperazine rings is 1. The highest BCUT2D eigenvalue weighted by Crippen LogP contribution is 2.21. The number of amides is 1. The largest absolute Gasteiger partial charge is 0.353 e. The van der Waals surface area contributed by atoms with Crippen molar-refractivity contribution in [1.82, 2.24) is 28.8 Å². The standard InChI is InChI=1S/C20H19N7O2S/c1-2-18-22-19(23-29-18)14-4-6-17(21-12-14)26-7-9-27(10-8-26)20(28)13-3-5-15-16(11-13)25-30-24-15/h3-6,11-12H,2,7-10H2,1H3. The van der Waals surface area contributed by atoms with Crippen LogP contribution in [-0.2, 0) is 6.42 Å². The Labute approximate surface area is 176 Å². The predicted octanol–water partition coefficient (Wildman–Crippen LogP) is 2.66. The summed E-state index contributed by atoms with van der Waals surface area (Å²) >= 11 is 1.16. The maximum Gasteiger partial charge on any atom is 0.254 e. The molecule has 10 heteroatoms. The van der Waals surface area contributed by atoms with E-state index in [4.69, 9.17) is 4.52 Å². The summed E-state index contributed by atoms with van der Waals surface area (Å²) in [5.74, 6) is 2.06. The van der Waals surface area contributed by atoms with Gasteiger partial charge >= 0.3 is 0 Å². The number of rotatable bonds is 4. The lowest BCUT2D eigenvalue weighted by molar-refractivity contribution is 0.0746. The number of fused-ring (bicyclic) bond motifs is 1. The number of carbonyl (C=O) groups excluding carboxylic acids is 1. The zero-order chi connectivity index (χ0) is 20.5. The molecule has 0 unspecified atom stereocenters. The third kappa shape index (κ3) is 3.50. The van der Waals surface area contributed by atoms with Gasteiger partial charge in [-0.3, -0.25) is 4.79 Å². The molecule has 1 saturated heterocycles. The van der Waals surface area contributed by atoms with Crippen LogP contribution in [0.4, 0.5) is 5.82 Å². The van der Waals surface area contributed by atoms with Crippen LogP contribution in [0.15, 0.2) is 41.1 Å². The van der Waals surface area contributed by atoms with Crippen molar-refractivity contribution < 1.29 is 9.32 Å². The van der Waals surface area contributed by atoms with Crippen LogP contribution in [0, 0.1) is 0 Å². The van der Waals surface area contributed by atoms with Gasteiger partial charge in [0.1, 0.15) is 16.9 Å². The Morgan fingerprint density at radius 3 is 2.67 bits per heavy atom. The molecule has 9 nitrogen and oxygen atoms in total. The molecule has 3 aromatic heterocycles. The Kier molecular flexibility index (Phi) is 4.83. The number of aromatic nitrogens is 5. The topological polar surface area (TPSA) is 101 Å². The molecule has 0 saturated carbocycles. The van der Waals surface area contributed by atoms with E-state index in [-0.39, 0.29) is 5.91 Å². The molecule has 0 spiro atoms. The highest BCUT2D eigenvalue weighted by Gasteiger charge is 2.23. The van der Waals surface area contributed by atoms with Crippen LogP contribution in [0.25, 0.3) is 22.4 Å². The highest BCUT2D eigenvalue weighted by molar-refractivity contribution is 7.00. The van der Waals surface area contributed by atoms with Crippen molar-refractivity contribution in [2.75, 3.05) is 31.1 Å². The smallest absolute Gasteiger partial charge is 0.254 e. The van der Waals surface area contributed by atoms with Crippen LogP contribution in [0.1, 0.15) is 23.2 Å². The highest BCUT2D eigenvalue weighted by atomic mass is 32.1. The molecular weight excluding hydrogens is 402 g/mol. The lowest BCUT2D eigenvalue weighted by Gasteiger charge is -2.35. The Bertz CT molecular complexity index is 1180. The number of carbonyl (C=O) groups is 1. The summed E-state index contributed by atoms with van der Waals surface area (Å²) in [5, 5.41) is 3.98. The van der Waals surface area contributed by atoms with Gasteiger partial charge in [0.05, 0.1) is 11.7 Å². The summed E-state index contributed by atoms with van der Waals surface area (Å²) in [7, 11) is 0. The number of anilines is 1. The summed E-state index contributed by atoms with van der Waals surface area (Å²) < 4.78 is 13.6. The number of nitrogens with zero attached hydrogens (tertiary/aromatic N) is 7. The first kappa shape index (κ1) is 18.6. The number of hydrogen-bond donors (Lipinski definition) is 0. The maximum atomic E-state index is 12.9. The van der Waals surface area contributed by atoms with Gasteiger partial charge in [-0.2, -0.15) is 13.7 Å². The third-order valence-corrected chi connectivity index (χ3v) is 5.72. The zero-order valence-corrected chi connectivity index (χ0v) is 17.2. The van der Waals surface area contributed by atoms with E-state index in [9.17, 15) is 4.79 Å². The average Bonchev–Trinajstić information content (AvgIpc) is 3.48. The van der Waals surface area contributed by atoms with E-state index in [1.807, 2.05) is 42.2 Å². The molecular formula is C20H19N7O2S. The first-order valence-corrected chi connectivity index (χ1v) is 10.5. The molecule has 0 atom stereocenters. The van der Waals surface area contributed by atoms with Gasteiger partial charge in [-0.05, 0) is 30.3 Å². The van der Waals surface area contributed by atoms with Crippen LogP contribution in [-0.4, -0.2) is 60.9 Å². The van der Waals surface area contributed by atoms with Gasteiger partial charge in [0.15, 0.2) is 0 Å². The van der Waals surface area contributed by atoms with Crippen molar-refractivity contribution >= 4 is 34.5 Å². The molecule has 0 radical (unpaired) electrons. The molecule has 1 amide bonds. The van der Waals surface area contributed by atoms with Gasteiger partial charge < -0.3 is 14.3 Å². The normalized spacial score (nSPS) is 14.4. The molecule has 1 aliphatic heterocycles. The zero-order valence-electron chi connectivity index (χ0n) is 16.4. The van der Waals surface area contributed by atoms with Gasteiger partial charge in [-0.1, -0.05) is 12.1 Å².